The summed E-state index contributed by atoms with van der Waals surface area (Å²) in [6, 6.07) is 1.94. The minimum Gasteiger partial charge on any atom is -0.466 e. The van der Waals surface area contributed by atoms with Crippen LogP contribution < -0.4 is 10.3 Å². The minimum atomic E-state index is -0.928. The van der Waals surface area contributed by atoms with Gasteiger partial charge in [-0.1, -0.05) is 0 Å². The molecule has 0 bridgehead atoms. The van der Waals surface area contributed by atoms with E-state index in [0.29, 0.717) is 62.8 Å². The molecule has 0 amide bonds. The number of halogens is 2. The molecule has 48 heavy (non-hydrogen) atoms. The lowest BCUT2D eigenvalue weighted by molar-refractivity contribution is -0.143. The van der Waals surface area contributed by atoms with Gasteiger partial charge in [-0.05, 0) is 89.0 Å². The van der Waals surface area contributed by atoms with E-state index in [1.54, 1.807) is 13.1 Å². The van der Waals surface area contributed by atoms with Crippen LogP contribution in [0.2, 0.25) is 0 Å². The maximum Gasteiger partial charge on any atom is 0.305 e. The summed E-state index contributed by atoms with van der Waals surface area (Å²) in [5.74, 6) is -0.983. The Morgan fingerprint density at radius 2 is 2.08 bits per heavy atom. The molecular formula is C35H42F2N6O5. The summed E-state index contributed by atoms with van der Waals surface area (Å²) in [6.07, 6.45) is 8.99. The predicted molar refractivity (Wildman–Crippen MR) is 175 cm³/mol. The molecule has 1 aromatic carbocycles. The monoisotopic (exact) mass is 664 g/mol. The summed E-state index contributed by atoms with van der Waals surface area (Å²) in [6.45, 7) is 6.06. The highest BCUT2D eigenvalue weighted by molar-refractivity contribution is 5.98. The number of H-pyrrole nitrogens is 1. The summed E-state index contributed by atoms with van der Waals surface area (Å²) in [5, 5.41) is 5.41. The van der Waals surface area contributed by atoms with Crippen LogP contribution in [0.3, 0.4) is 0 Å². The third-order valence-electron chi connectivity index (χ3n) is 10.2. The number of alkyl halides is 1. The lowest BCUT2D eigenvalue weighted by Crippen LogP contribution is -2.43. The third kappa shape index (κ3) is 6.06. The molecule has 6 heterocycles. The van der Waals surface area contributed by atoms with Crippen LogP contribution in [0.15, 0.2) is 23.3 Å². The quantitative estimate of drug-likeness (QED) is 0.159. The first-order valence-corrected chi connectivity index (χ1v) is 17.2. The summed E-state index contributed by atoms with van der Waals surface area (Å²) in [5.41, 5.74) is 2.07. The van der Waals surface area contributed by atoms with Gasteiger partial charge in [0, 0.05) is 43.1 Å². The molecule has 0 aliphatic carbocycles. The van der Waals surface area contributed by atoms with Gasteiger partial charge in [-0.2, -0.15) is 10.1 Å². The first-order chi connectivity index (χ1) is 23.3. The molecule has 0 saturated carbocycles. The van der Waals surface area contributed by atoms with E-state index in [0.717, 1.165) is 55.3 Å². The van der Waals surface area contributed by atoms with E-state index < -0.39 is 23.1 Å². The highest BCUT2D eigenvalue weighted by Crippen LogP contribution is 2.41. The number of nitrogens with zero attached hydrogens (tertiary/aromatic N) is 5. The molecule has 256 valence electrons. The van der Waals surface area contributed by atoms with Gasteiger partial charge >= 0.3 is 5.97 Å². The normalized spacial score (nSPS) is 22.8. The average molecular weight is 665 g/mol. The van der Waals surface area contributed by atoms with Crippen LogP contribution in [-0.4, -0.2) is 80.2 Å². The van der Waals surface area contributed by atoms with E-state index in [9.17, 15) is 14.0 Å². The molecule has 1 unspecified atom stereocenters. The van der Waals surface area contributed by atoms with E-state index in [2.05, 4.69) is 25.9 Å². The molecule has 4 aromatic rings. The summed E-state index contributed by atoms with van der Waals surface area (Å²) < 4.78 is 50.1. The van der Waals surface area contributed by atoms with Gasteiger partial charge in [-0.15, -0.1) is 0 Å². The summed E-state index contributed by atoms with van der Waals surface area (Å²) in [4.78, 5) is 38.8. The minimum absolute atomic E-state index is 0.000119. The van der Waals surface area contributed by atoms with E-state index in [1.165, 1.54) is 6.20 Å². The zero-order valence-corrected chi connectivity index (χ0v) is 27.5. The molecule has 0 radical (unpaired) electrons. The van der Waals surface area contributed by atoms with Gasteiger partial charge < -0.3 is 14.2 Å². The second kappa shape index (κ2) is 13.5. The second-order valence-corrected chi connectivity index (χ2v) is 13.3. The number of esters is 1. The Hall–Kier alpha value is -3.97. The number of ether oxygens (including phenoxy) is 3. The standard InChI is InChI=1S/C35H42F2N6O5/c1-3-46-28(44)11-5-4-9-23-21(2)15-26-24(18-39-43(26)27-10-6-7-14-47-27)29(23)32-30(37)31-25(17-38-32)33(45)41-34(40-31)48-20-35-12-8-13-42(35)19-22(36)16-35/h15,17-18,22,27H,3-14,16,19-20H2,1-2H3,(H,40,41,45)/t22-,27?,35+/m1/s1. The number of nitrogens with one attached hydrogen (secondary N) is 1. The van der Waals surface area contributed by atoms with Gasteiger partial charge in [0.25, 0.3) is 11.6 Å². The van der Waals surface area contributed by atoms with Crippen molar-refractivity contribution in [1.82, 2.24) is 29.6 Å². The summed E-state index contributed by atoms with van der Waals surface area (Å²) in [7, 11) is 0. The Labute approximate surface area is 277 Å². The number of aromatic nitrogens is 5. The zero-order chi connectivity index (χ0) is 33.4. The third-order valence-corrected chi connectivity index (χ3v) is 10.2. The topological polar surface area (TPSA) is 124 Å². The number of aryl methyl sites for hydroxylation is 1. The Bertz CT molecular complexity index is 1890. The Morgan fingerprint density at radius 3 is 2.90 bits per heavy atom. The lowest BCUT2D eigenvalue weighted by Gasteiger charge is -2.30. The Kier molecular flexibility index (Phi) is 9.16. The number of unbranched alkanes of at least 4 members (excludes halogenated alkanes) is 1. The van der Waals surface area contributed by atoms with Gasteiger partial charge in [0.15, 0.2) is 12.0 Å². The van der Waals surface area contributed by atoms with Crippen molar-refractivity contribution in [3.8, 4) is 17.3 Å². The average Bonchev–Trinajstić information content (AvgIpc) is 3.75. The molecule has 0 spiro atoms. The van der Waals surface area contributed by atoms with Crippen molar-refractivity contribution in [2.75, 3.05) is 32.9 Å². The number of carbonyl (C=O) groups is 1. The van der Waals surface area contributed by atoms with Gasteiger partial charge in [0.2, 0.25) is 0 Å². The van der Waals surface area contributed by atoms with Gasteiger partial charge in [-0.25, -0.2) is 13.5 Å². The number of pyridine rings is 1. The molecular weight excluding hydrogens is 622 g/mol. The SMILES string of the molecule is CCOC(=O)CCCCc1c(C)cc2c(cnn2C2CCCCO2)c1-c1ncc2c(=O)[nH]c(OC[C@@]34CCCN3C[C@H](F)C4)nc2c1F. The van der Waals surface area contributed by atoms with Crippen molar-refractivity contribution < 1.29 is 27.8 Å². The van der Waals surface area contributed by atoms with Crippen molar-refractivity contribution >= 4 is 27.8 Å². The van der Waals surface area contributed by atoms with Crippen LogP contribution in [0.1, 0.15) is 82.1 Å². The molecule has 7 rings (SSSR count). The fourth-order valence-corrected chi connectivity index (χ4v) is 7.84. The van der Waals surface area contributed by atoms with Crippen LogP contribution in [0.5, 0.6) is 6.01 Å². The van der Waals surface area contributed by atoms with Crippen LogP contribution in [0.4, 0.5) is 8.78 Å². The molecule has 3 aliphatic rings. The predicted octanol–water partition coefficient (Wildman–Crippen LogP) is 5.71. The smallest absolute Gasteiger partial charge is 0.305 e. The van der Waals surface area contributed by atoms with E-state index in [1.807, 2.05) is 11.6 Å². The van der Waals surface area contributed by atoms with Crippen LogP contribution in [-0.2, 0) is 20.7 Å². The first-order valence-electron chi connectivity index (χ1n) is 17.2. The molecule has 11 nitrogen and oxygen atoms in total. The fourth-order valence-electron chi connectivity index (χ4n) is 7.84. The largest absolute Gasteiger partial charge is 0.466 e. The second-order valence-electron chi connectivity index (χ2n) is 13.3. The number of rotatable bonds is 11. The van der Waals surface area contributed by atoms with Crippen LogP contribution in [0, 0.1) is 12.7 Å². The van der Waals surface area contributed by atoms with Crippen molar-refractivity contribution in [1.29, 1.82) is 0 Å². The van der Waals surface area contributed by atoms with E-state index in [4.69, 9.17) is 19.3 Å². The molecule has 3 atom stereocenters. The lowest BCUT2D eigenvalue weighted by atomic mass is 9.91. The number of hydrogen-bond donors (Lipinski definition) is 1. The molecule has 3 fully saturated rings. The van der Waals surface area contributed by atoms with Crippen molar-refractivity contribution in [2.24, 2.45) is 0 Å². The number of benzene rings is 1. The maximum absolute atomic E-state index is 16.8. The number of hydrogen-bond acceptors (Lipinski definition) is 9. The van der Waals surface area contributed by atoms with Crippen LogP contribution in [0.25, 0.3) is 33.1 Å². The molecule has 3 aliphatic heterocycles. The summed E-state index contributed by atoms with van der Waals surface area (Å²) >= 11 is 0. The first kappa shape index (κ1) is 32.6. The number of carbonyl (C=O) groups excluding carboxylic acids is 1. The van der Waals surface area contributed by atoms with Crippen molar-refractivity contribution in [2.45, 2.75) is 96.0 Å². The van der Waals surface area contributed by atoms with Gasteiger partial charge in [-0.3, -0.25) is 24.5 Å². The maximum atomic E-state index is 16.8. The Morgan fingerprint density at radius 1 is 1.21 bits per heavy atom. The molecule has 3 saturated heterocycles. The van der Waals surface area contributed by atoms with Crippen molar-refractivity contribution in [3.05, 3.63) is 45.8 Å². The van der Waals surface area contributed by atoms with Gasteiger partial charge in [0.05, 0.1) is 29.2 Å². The van der Waals surface area contributed by atoms with E-state index >= 15 is 4.39 Å². The van der Waals surface area contributed by atoms with Crippen molar-refractivity contribution in [3.63, 3.8) is 0 Å². The van der Waals surface area contributed by atoms with Crippen LogP contribution >= 0.6 is 0 Å². The van der Waals surface area contributed by atoms with Gasteiger partial charge in [0.1, 0.15) is 24.0 Å². The number of aromatic amines is 1. The van der Waals surface area contributed by atoms with E-state index in [-0.39, 0.29) is 41.4 Å². The molecule has 1 N–H and O–H groups in total. The number of fused-ring (bicyclic) bond motifs is 3. The highest BCUT2D eigenvalue weighted by atomic mass is 19.1. The fraction of sp³-hybridized carbons (Fsp3) is 0.571. The zero-order valence-electron chi connectivity index (χ0n) is 27.5. The highest BCUT2D eigenvalue weighted by Gasteiger charge is 2.49. The molecule has 3 aromatic heterocycles. The Balaban J connectivity index is 1.28. The molecule has 13 heteroatoms.